The zero-order chi connectivity index (χ0) is 35.8. The Labute approximate surface area is 302 Å². The molecular weight excluding hydrogens is 677 g/mol. The molecule has 2 aliphatic heterocycles. The number of benzene rings is 2. The van der Waals surface area contributed by atoms with Crippen molar-refractivity contribution in [2.45, 2.75) is 64.6 Å². The SMILES string of the molecule is CCOc1cc(C(C)(C)C)ncc1C1=N[C@@](C)(c2ccc(Cl)cc2)[C@@](C)(c2ccc(Cl)cc2)N1C(=O)N1CCN(C(=O)Cn2cnnn2)CC1. The molecule has 0 bridgehead atoms. The van der Waals surface area contributed by atoms with Gasteiger partial charge in [-0.1, -0.05) is 68.2 Å². The number of ether oxygens (including phenoxy) is 1. The average Bonchev–Trinajstić information content (AvgIpc) is 3.69. The fraction of sp³-hybridized carbons (Fsp3) is 0.417. The van der Waals surface area contributed by atoms with E-state index in [1.165, 1.54) is 11.0 Å². The number of halogens is 2. The van der Waals surface area contributed by atoms with Crippen molar-refractivity contribution in [1.29, 1.82) is 0 Å². The summed E-state index contributed by atoms with van der Waals surface area (Å²) in [5, 5.41) is 12.2. The summed E-state index contributed by atoms with van der Waals surface area (Å²) in [6.45, 7) is 14.0. The van der Waals surface area contributed by atoms with E-state index in [-0.39, 0.29) is 23.9 Å². The number of aromatic nitrogens is 5. The molecule has 2 aliphatic rings. The van der Waals surface area contributed by atoms with Crippen LogP contribution < -0.4 is 4.74 Å². The molecule has 12 nitrogen and oxygen atoms in total. The molecule has 0 radical (unpaired) electrons. The van der Waals surface area contributed by atoms with Gasteiger partial charge in [-0.05, 0) is 66.6 Å². The number of carbonyl (C=O) groups excluding carboxylic acids is 2. The highest BCUT2D eigenvalue weighted by atomic mass is 35.5. The second-order valence-corrected chi connectivity index (χ2v) is 14.7. The Morgan fingerprint density at radius 3 is 2.06 bits per heavy atom. The average molecular weight is 719 g/mol. The van der Waals surface area contributed by atoms with Crippen molar-refractivity contribution in [2.24, 2.45) is 4.99 Å². The number of rotatable bonds is 7. The predicted molar refractivity (Wildman–Crippen MR) is 191 cm³/mol. The largest absolute Gasteiger partial charge is 0.493 e. The fourth-order valence-corrected chi connectivity index (χ4v) is 6.89. The highest BCUT2D eigenvalue weighted by molar-refractivity contribution is 6.30. The van der Waals surface area contributed by atoms with Crippen LogP contribution in [0.25, 0.3) is 0 Å². The van der Waals surface area contributed by atoms with Crippen LogP contribution in [0.15, 0.2) is 72.1 Å². The van der Waals surface area contributed by atoms with Gasteiger partial charge in [0.2, 0.25) is 5.91 Å². The summed E-state index contributed by atoms with van der Waals surface area (Å²) in [7, 11) is 0. The number of nitrogens with zero attached hydrogens (tertiary/aromatic N) is 9. The topological polar surface area (TPSA) is 122 Å². The van der Waals surface area contributed by atoms with Crippen LogP contribution in [0.4, 0.5) is 4.79 Å². The minimum Gasteiger partial charge on any atom is -0.493 e. The highest BCUT2D eigenvalue weighted by Gasteiger charge is 2.60. The van der Waals surface area contributed by atoms with E-state index in [0.717, 1.165) is 16.8 Å². The molecule has 4 heterocycles. The molecule has 2 aromatic heterocycles. The van der Waals surface area contributed by atoms with Gasteiger partial charge in [0.1, 0.15) is 35.5 Å². The van der Waals surface area contributed by atoms with E-state index < -0.39 is 11.1 Å². The van der Waals surface area contributed by atoms with Crippen LogP contribution in [0.2, 0.25) is 10.0 Å². The second kappa shape index (κ2) is 13.6. The Hall–Kier alpha value is -4.55. The summed E-state index contributed by atoms with van der Waals surface area (Å²) < 4.78 is 7.64. The molecule has 4 aromatic rings. The van der Waals surface area contributed by atoms with Crippen molar-refractivity contribution < 1.29 is 14.3 Å². The van der Waals surface area contributed by atoms with Crippen molar-refractivity contribution in [2.75, 3.05) is 32.8 Å². The maximum absolute atomic E-state index is 15.2. The first kappa shape index (κ1) is 35.3. The van der Waals surface area contributed by atoms with Gasteiger partial charge in [-0.3, -0.25) is 19.7 Å². The van der Waals surface area contributed by atoms with Gasteiger partial charge in [0.05, 0.1) is 12.2 Å². The number of hydrogen-bond donors (Lipinski definition) is 0. The summed E-state index contributed by atoms with van der Waals surface area (Å²) in [5.74, 6) is 0.889. The lowest BCUT2D eigenvalue weighted by Crippen LogP contribution is -2.61. The second-order valence-electron chi connectivity index (χ2n) is 13.8. The van der Waals surface area contributed by atoms with Crippen LogP contribution >= 0.6 is 23.2 Å². The van der Waals surface area contributed by atoms with Gasteiger partial charge in [-0.15, -0.1) is 5.10 Å². The van der Waals surface area contributed by atoms with E-state index in [4.69, 9.17) is 37.9 Å². The standard InChI is InChI=1S/C36H41Cl2N9O3/c1-7-50-29-20-30(34(2,3)4)39-21-28(29)32-41-35(5,24-8-12-26(37)13-9-24)36(6,25-10-14-27(38)15-11-25)47(32)33(49)45-18-16-44(17-19-45)31(48)22-46-23-40-42-43-46/h8-15,20-21,23H,7,16-19,22H2,1-6H3/t35-,36+/m0/s1. The molecule has 14 heteroatoms. The van der Waals surface area contributed by atoms with E-state index in [1.54, 1.807) is 20.9 Å². The van der Waals surface area contributed by atoms with E-state index in [0.29, 0.717) is 60.0 Å². The van der Waals surface area contributed by atoms with Crippen molar-refractivity contribution in [3.8, 4) is 5.75 Å². The summed E-state index contributed by atoms with van der Waals surface area (Å²) >= 11 is 12.8. The Balaban J connectivity index is 1.47. The third-order valence-electron chi connectivity index (χ3n) is 9.71. The van der Waals surface area contributed by atoms with Gasteiger partial charge in [0, 0.05) is 59.6 Å². The molecule has 0 saturated carbocycles. The lowest BCUT2D eigenvalue weighted by atomic mass is 9.71. The number of hydrogen-bond acceptors (Lipinski definition) is 8. The number of amidine groups is 1. The quantitative estimate of drug-likeness (QED) is 0.232. The summed E-state index contributed by atoms with van der Waals surface area (Å²) in [6, 6.07) is 16.8. The molecule has 0 aliphatic carbocycles. The summed E-state index contributed by atoms with van der Waals surface area (Å²) in [6.07, 6.45) is 3.16. The van der Waals surface area contributed by atoms with E-state index >= 15 is 4.79 Å². The van der Waals surface area contributed by atoms with E-state index in [2.05, 4.69) is 36.3 Å². The summed E-state index contributed by atoms with van der Waals surface area (Å²) in [5.41, 5.74) is 0.824. The zero-order valence-electron chi connectivity index (χ0n) is 29.1. The Bertz CT molecular complexity index is 1890. The Morgan fingerprint density at radius 1 is 0.900 bits per heavy atom. The third-order valence-corrected chi connectivity index (χ3v) is 10.2. The molecule has 0 unspecified atom stereocenters. The molecule has 1 fully saturated rings. The molecule has 50 heavy (non-hydrogen) atoms. The van der Waals surface area contributed by atoms with Gasteiger partial charge < -0.3 is 14.5 Å². The molecular formula is C36H41Cl2N9O3. The first-order chi connectivity index (χ1) is 23.8. The van der Waals surface area contributed by atoms with Crippen LogP contribution in [0.1, 0.15) is 63.9 Å². The van der Waals surface area contributed by atoms with Crippen LogP contribution in [0, 0.1) is 0 Å². The lowest BCUT2D eigenvalue weighted by molar-refractivity contribution is -0.133. The van der Waals surface area contributed by atoms with Gasteiger partial charge in [0.25, 0.3) is 0 Å². The van der Waals surface area contributed by atoms with E-state index in [1.807, 2.05) is 75.4 Å². The normalized spacial score (nSPS) is 21.0. The van der Waals surface area contributed by atoms with Crippen molar-refractivity contribution in [3.05, 3.63) is 99.6 Å². The van der Waals surface area contributed by atoms with Gasteiger partial charge in [-0.2, -0.15) is 0 Å². The minimum absolute atomic E-state index is 0.0235. The van der Waals surface area contributed by atoms with E-state index in [9.17, 15) is 4.79 Å². The monoisotopic (exact) mass is 717 g/mol. The smallest absolute Gasteiger partial charge is 0.326 e. The molecule has 3 amide bonds. The number of tetrazole rings is 1. The number of piperazine rings is 1. The number of aliphatic imine (C=N–C) groups is 1. The van der Waals surface area contributed by atoms with Gasteiger partial charge in [-0.25, -0.2) is 9.48 Å². The molecule has 0 spiro atoms. The van der Waals surface area contributed by atoms with Crippen molar-refractivity contribution >= 4 is 41.0 Å². The van der Waals surface area contributed by atoms with Gasteiger partial charge in [0.15, 0.2) is 0 Å². The van der Waals surface area contributed by atoms with Crippen LogP contribution in [-0.4, -0.2) is 90.5 Å². The zero-order valence-corrected chi connectivity index (χ0v) is 30.6. The molecule has 6 rings (SSSR count). The first-order valence-electron chi connectivity index (χ1n) is 16.6. The predicted octanol–water partition coefficient (Wildman–Crippen LogP) is 5.93. The maximum atomic E-state index is 15.2. The maximum Gasteiger partial charge on any atom is 0.326 e. The molecule has 1 saturated heterocycles. The van der Waals surface area contributed by atoms with Crippen molar-refractivity contribution in [1.82, 2.24) is 39.9 Å². The lowest BCUT2D eigenvalue weighted by Gasteiger charge is -2.47. The number of pyridine rings is 1. The Kier molecular flexibility index (Phi) is 9.62. The Morgan fingerprint density at radius 2 is 1.50 bits per heavy atom. The summed E-state index contributed by atoms with van der Waals surface area (Å²) in [4.78, 5) is 43.8. The molecule has 2 aromatic carbocycles. The van der Waals surface area contributed by atoms with Crippen LogP contribution in [0.5, 0.6) is 5.75 Å². The number of urea groups is 1. The van der Waals surface area contributed by atoms with Gasteiger partial charge >= 0.3 is 6.03 Å². The number of amides is 3. The highest BCUT2D eigenvalue weighted by Crippen LogP contribution is 2.54. The van der Waals surface area contributed by atoms with Crippen LogP contribution in [-0.2, 0) is 27.8 Å². The first-order valence-corrected chi connectivity index (χ1v) is 17.3. The molecule has 2 atom stereocenters. The third kappa shape index (κ3) is 6.42. The number of carbonyl (C=O) groups is 2. The minimum atomic E-state index is -1.07. The van der Waals surface area contributed by atoms with Crippen LogP contribution in [0.3, 0.4) is 0 Å². The molecule has 262 valence electrons. The molecule has 0 N–H and O–H groups in total. The fourth-order valence-electron chi connectivity index (χ4n) is 6.64. The van der Waals surface area contributed by atoms with Crippen molar-refractivity contribution in [3.63, 3.8) is 0 Å².